The van der Waals surface area contributed by atoms with Crippen LogP contribution in [0.2, 0.25) is 0 Å². The highest BCUT2D eigenvalue weighted by Gasteiger charge is 2.38. The van der Waals surface area contributed by atoms with Gasteiger partial charge in [-0.25, -0.2) is 4.39 Å². The minimum atomic E-state index is -1.11. The van der Waals surface area contributed by atoms with E-state index in [4.69, 9.17) is 0 Å². The van der Waals surface area contributed by atoms with Crippen LogP contribution in [0.15, 0.2) is 24.3 Å². The predicted molar refractivity (Wildman–Crippen MR) is 58.2 cm³/mol. The number of hydrogen-bond acceptors (Lipinski definition) is 1. The van der Waals surface area contributed by atoms with Crippen molar-refractivity contribution >= 4 is 0 Å². The van der Waals surface area contributed by atoms with Gasteiger partial charge in [0.2, 0.25) is 0 Å². The third-order valence-electron chi connectivity index (χ3n) is 2.35. The summed E-state index contributed by atoms with van der Waals surface area (Å²) in [5.74, 6) is 0. The van der Waals surface area contributed by atoms with Crippen molar-refractivity contribution in [3.63, 3.8) is 0 Å². The zero-order valence-corrected chi connectivity index (χ0v) is 9.10. The smallest absolute Gasteiger partial charge is 0.160 e. The molecule has 0 unspecified atom stereocenters. The number of rotatable bonds is 1. The van der Waals surface area contributed by atoms with Crippen molar-refractivity contribution < 1.29 is 4.39 Å². The molecule has 0 aliphatic carbocycles. The summed E-state index contributed by atoms with van der Waals surface area (Å²) in [6.07, 6.45) is 0. The number of halogens is 1. The summed E-state index contributed by atoms with van der Waals surface area (Å²) in [5, 5.41) is 2.94. The van der Waals surface area contributed by atoms with E-state index in [9.17, 15) is 4.39 Å². The lowest BCUT2D eigenvalue weighted by Crippen LogP contribution is -2.53. The van der Waals surface area contributed by atoms with E-state index < -0.39 is 5.67 Å². The lowest BCUT2D eigenvalue weighted by atomic mass is 9.89. The quantitative estimate of drug-likeness (QED) is 0.726. The summed E-state index contributed by atoms with van der Waals surface area (Å²) in [5.41, 5.74) is 0.823. The molecular formula is C12H18FN. The average molecular weight is 195 g/mol. The summed E-state index contributed by atoms with van der Waals surface area (Å²) in [6, 6.07) is 7.66. The second-order valence-corrected chi connectivity index (χ2v) is 3.44. The summed E-state index contributed by atoms with van der Waals surface area (Å²) >= 11 is 0. The van der Waals surface area contributed by atoms with E-state index in [1.54, 1.807) is 0 Å². The lowest BCUT2D eigenvalue weighted by Gasteiger charge is -2.35. The minimum absolute atomic E-state index is 0.455. The Balaban J connectivity index is 0.000000461. The first-order chi connectivity index (χ1) is 6.71. The molecule has 1 nitrogen and oxygen atoms in total. The van der Waals surface area contributed by atoms with Gasteiger partial charge in [0.1, 0.15) is 0 Å². The Kier molecular flexibility index (Phi) is 3.64. The molecule has 0 bridgehead atoms. The van der Waals surface area contributed by atoms with Gasteiger partial charge >= 0.3 is 0 Å². The van der Waals surface area contributed by atoms with Gasteiger partial charge in [0.25, 0.3) is 0 Å². The van der Waals surface area contributed by atoms with Crippen LogP contribution in [-0.2, 0) is 5.67 Å². The molecule has 1 aliphatic heterocycles. The maximum Gasteiger partial charge on any atom is 0.160 e. The highest BCUT2D eigenvalue weighted by molar-refractivity contribution is 5.30. The number of aryl methyl sites for hydroxylation is 1. The van der Waals surface area contributed by atoms with Gasteiger partial charge in [-0.15, -0.1) is 0 Å². The molecule has 1 aromatic rings. The highest BCUT2D eigenvalue weighted by atomic mass is 19.1. The Bertz CT molecular complexity index is 292. The molecule has 0 spiro atoms. The summed E-state index contributed by atoms with van der Waals surface area (Å²) < 4.78 is 13.8. The van der Waals surface area contributed by atoms with E-state index in [0.717, 1.165) is 11.1 Å². The zero-order valence-electron chi connectivity index (χ0n) is 9.10. The number of benzene rings is 1. The topological polar surface area (TPSA) is 12.0 Å². The minimum Gasteiger partial charge on any atom is -0.310 e. The largest absolute Gasteiger partial charge is 0.310 e. The van der Waals surface area contributed by atoms with E-state index in [0.29, 0.717) is 13.1 Å². The van der Waals surface area contributed by atoms with E-state index in [1.807, 2.05) is 45.0 Å². The van der Waals surface area contributed by atoms with Crippen LogP contribution in [0, 0.1) is 6.92 Å². The fourth-order valence-electron chi connectivity index (χ4n) is 1.47. The fraction of sp³-hybridized carbons (Fsp3) is 0.500. The first-order valence-electron chi connectivity index (χ1n) is 5.17. The molecule has 14 heavy (non-hydrogen) atoms. The van der Waals surface area contributed by atoms with Gasteiger partial charge < -0.3 is 5.32 Å². The molecule has 1 aromatic carbocycles. The molecule has 0 aromatic heterocycles. The van der Waals surface area contributed by atoms with Gasteiger partial charge in [0.05, 0.1) is 0 Å². The van der Waals surface area contributed by atoms with Gasteiger partial charge in [-0.1, -0.05) is 43.7 Å². The molecule has 1 aliphatic rings. The van der Waals surface area contributed by atoms with Crippen LogP contribution in [0.5, 0.6) is 0 Å². The monoisotopic (exact) mass is 195 g/mol. The highest BCUT2D eigenvalue weighted by Crippen LogP contribution is 2.30. The summed E-state index contributed by atoms with van der Waals surface area (Å²) in [7, 11) is 0. The Hall–Kier alpha value is -0.890. The maximum absolute atomic E-state index is 13.8. The van der Waals surface area contributed by atoms with E-state index in [1.165, 1.54) is 0 Å². The molecule has 1 saturated heterocycles. The summed E-state index contributed by atoms with van der Waals surface area (Å²) in [4.78, 5) is 0. The Labute approximate surface area is 85.3 Å². The van der Waals surface area contributed by atoms with Crippen LogP contribution in [0.4, 0.5) is 4.39 Å². The molecule has 1 fully saturated rings. The predicted octanol–water partition coefficient (Wildman–Crippen LogP) is 2.79. The van der Waals surface area contributed by atoms with E-state index >= 15 is 0 Å². The van der Waals surface area contributed by atoms with Crippen molar-refractivity contribution in [3.8, 4) is 0 Å². The Morgan fingerprint density at radius 3 is 2.36 bits per heavy atom. The van der Waals surface area contributed by atoms with Crippen molar-refractivity contribution in [2.45, 2.75) is 26.4 Å². The second kappa shape index (κ2) is 4.56. The van der Waals surface area contributed by atoms with Gasteiger partial charge in [-0.05, 0) is 12.5 Å². The fourth-order valence-corrected chi connectivity index (χ4v) is 1.47. The van der Waals surface area contributed by atoms with Gasteiger partial charge in [0.15, 0.2) is 5.67 Å². The zero-order chi connectivity index (χ0) is 10.6. The molecule has 78 valence electrons. The first kappa shape index (κ1) is 11.2. The molecule has 0 atom stereocenters. The van der Waals surface area contributed by atoms with E-state index in [-0.39, 0.29) is 0 Å². The SMILES string of the molecule is CC.Cc1cccc(C2(F)CNC2)c1. The van der Waals surface area contributed by atoms with Crippen LogP contribution in [-0.4, -0.2) is 13.1 Å². The van der Waals surface area contributed by atoms with Crippen LogP contribution < -0.4 is 5.32 Å². The maximum atomic E-state index is 13.8. The van der Waals surface area contributed by atoms with Crippen molar-refractivity contribution in [2.75, 3.05) is 13.1 Å². The Morgan fingerprint density at radius 1 is 1.29 bits per heavy atom. The first-order valence-corrected chi connectivity index (χ1v) is 5.17. The van der Waals surface area contributed by atoms with Crippen LogP contribution >= 0.6 is 0 Å². The van der Waals surface area contributed by atoms with Crippen molar-refractivity contribution in [3.05, 3.63) is 35.4 Å². The second-order valence-electron chi connectivity index (χ2n) is 3.44. The standard InChI is InChI=1S/C10H12FN.C2H6/c1-8-3-2-4-9(5-8)10(11)6-12-7-10;1-2/h2-5,12H,6-7H2,1H3;1-2H3. The molecular weight excluding hydrogens is 177 g/mol. The number of alkyl halides is 1. The van der Waals surface area contributed by atoms with Crippen molar-refractivity contribution in [1.29, 1.82) is 0 Å². The molecule has 0 radical (unpaired) electrons. The third kappa shape index (κ3) is 2.13. The van der Waals surface area contributed by atoms with Gasteiger partial charge in [-0.3, -0.25) is 0 Å². The van der Waals surface area contributed by atoms with Crippen LogP contribution in [0.25, 0.3) is 0 Å². The molecule has 2 rings (SSSR count). The number of hydrogen-bond donors (Lipinski definition) is 1. The normalized spacial score (nSPS) is 17.7. The molecule has 0 amide bonds. The number of nitrogens with one attached hydrogen (secondary N) is 1. The van der Waals surface area contributed by atoms with Crippen molar-refractivity contribution in [1.82, 2.24) is 5.32 Å². The molecule has 0 saturated carbocycles. The Morgan fingerprint density at radius 2 is 1.93 bits per heavy atom. The van der Waals surface area contributed by atoms with E-state index in [2.05, 4.69) is 5.32 Å². The lowest BCUT2D eigenvalue weighted by molar-refractivity contribution is 0.0891. The molecule has 1 N–H and O–H groups in total. The van der Waals surface area contributed by atoms with Gasteiger partial charge in [0, 0.05) is 13.1 Å². The van der Waals surface area contributed by atoms with Crippen molar-refractivity contribution in [2.24, 2.45) is 0 Å². The van der Waals surface area contributed by atoms with Crippen LogP contribution in [0.1, 0.15) is 25.0 Å². The molecule has 2 heteroatoms. The third-order valence-corrected chi connectivity index (χ3v) is 2.35. The molecule has 1 heterocycles. The summed E-state index contributed by atoms with van der Waals surface area (Å²) in [6.45, 7) is 6.89. The van der Waals surface area contributed by atoms with Gasteiger partial charge in [-0.2, -0.15) is 0 Å². The van der Waals surface area contributed by atoms with Crippen LogP contribution in [0.3, 0.4) is 0 Å². The average Bonchev–Trinajstić information content (AvgIpc) is 2.17.